The van der Waals surface area contributed by atoms with Crippen LogP contribution >= 0.6 is 0 Å². The maximum atomic E-state index is 10.6. The second kappa shape index (κ2) is 8.87. The largest absolute Gasteiger partial charge is 0.486 e. The number of aliphatic hydroxyl groups excluding tert-OH is 3. The van der Waals surface area contributed by atoms with Crippen LogP contribution in [0.4, 0.5) is 0 Å². The SMILES string of the molecule is C=CC1C(c2ccc(C3CC3)c(Cc3ccc4c(c3)OCCO4)c2)OC(CO)C(O)C1O. The van der Waals surface area contributed by atoms with E-state index in [2.05, 4.69) is 24.8 Å². The fourth-order valence-corrected chi connectivity index (χ4v) is 4.87. The van der Waals surface area contributed by atoms with Gasteiger partial charge in [-0.25, -0.2) is 0 Å². The van der Waals surface area contributed by atoms with E-state index in [0.29, 0.717) is 19.1 Å². The normalized spacial score (nSPS) is 29.5. The molecule has 1 saturated carbocycles. The molecule has 0 aromatic heterocycles. The van der Waals surface area contributed by atoms with Gasteiger partial charge in [0.25, 0.3) is 0 Å². The number of fused-ring (bicyclic) bond motifs is 1. The van der Waals surface area contributed by atoms with E-state index in [1.807, 2.05) is 18.2 Å². The first-order valence-electron chi connectivity index (χ1n) is 11.3. The summed E-state index contributed by atoms with van der Waals surface area (Å²) in [5, 5.41) is 30.5. The van der Waals surface area contributed by atoms with Gasteiger partial charge in [0.1, 0.15) is 25.4 Å². The van der Waals surface area contributed by atoms with E-state index in [0.717, 1.165) is 29.0 Å². The molecule has 2 heterocycles. The van der Waals surface area contributed by atoms with Crippen LogP contribution in [0.3, 0.4) is 0 Å². The summed E-state index contributed by atoms with van der Waals surface area (Å²) in [7, 11) is 0. The number of benzene rings is 2. The van der Waals surface area contributed by atoms with Gasteiger partial charge in [-0.1, -0.05) is 30.3 Å². The Morgan fingerprint density at radius 3 is 2.47 bits per heavy atom. The maximum Gasteiger partial charge on any atom is 0.161 e. The van der Waals surface area contributed by atoms with Crippen LogP contribution in [-0.4, -0.2) is 53.5 Å². The summed E-state index contributed by atoms with van der Waals surface area (Å²) in [5.74, 6) is 1.67. The lowest BCUT2D eigenvalue weighted by Gasteiger charge is -2.41. The number of ether oxygens (including phenoxy) is 3. The Labute approximate surface area is 188 Å². The zero-order chi connectivity index (χ0) is 22.2. The van der Waals surface area contributed by atoms with Gasteiger partial charge in [0.15, 0.2) is 11.5 Å². The Bertz CT molecular complexity index is 984. The van der Waals surface area contributed by atoms with Crippen LogP contribution in [-0.2, 0) is 11.2 Å². The molecule has 0 amide bonds. The number of hydrogen-bond acceptors (Lipinski definition) is 6. The summed E-state index contributed by atoms with van der Waals surface area (Å²) in [6.45, 7) is 4.61. The van der Waals surface area contributed by atoms with Crippen LogP contribution in [0.15, 0.2) is 49.1 Å². The predicted octanol–water partition coefficient (Wildman–Crippen LogP) is 2.88. The maximum absolute atomic E-state index is 10.6. The Kier molecular flexibility index (Phi) is 5.95. The standard InChI is InChI=1S/C26H30O6/c1-2-19-24(28)25(29)23(14-27)32-26(19)17-6-7-20(16-4-5-16)18(13-17)11-15-3-8-21-22(12-15)31-10-9-30-21/h2-3,6-8,12-13,16,19,23-29H,1,4-5,9-11,14H2. The van der Waals surface area contributed by atoms with E-state index in [-0.39, 0.29) is 6.61 Å². The molecule has 32 heavy (non-hydrogen) atoms. The molecular formula is C26H30O6. The molecule has 6 heteroatoms. The smallest absolute Gasteiger partial charge is 0.161 e. The molecular weight excluding hydrogens is 408 g/mol. The third kappa shape index (κ3) is 4.04. The average molecular weight is 439 g/mol. The van der Waals surface area contributed by atoms with E-state index in [1.165, 1.54) is 24.0 Å². The van der Waals surface area contributed by atoms with Gasteiger partial charge >= 0.3 is 0 Å². The van der Waals surface area contributed by atoms with Crippen molar-refractivity contribution < 1.29 is 29.5 Å². The molecule has 5 rings (SSSR count). The monoisotopic (exact) mass is 438 g/mol. The van der Waals surface area contributed by atoms with E-state index >= 15 is 0 Å². The lowest BCUT2D eigenvalue weighted by Crippen LogP contribution is -2.52. The van der Waals surface area contributed by atoms with Crippen LogP contribution < -0.4 is 9.47 Å². The molecule has 3 N–H and O–H groups in total. The first kappa shape index (κ1) is 21.5. The van der Waals surface area contributed by atoms with E-state index in [1.54, 1.807) is 6.08 Å². The van der Waals surface area contributed by atoms with Crippen LogP contribution in [0.1, 0.15) is 47.1 Å². The van der Waals surface area contributed by atoms with Gasteiger partial charge in [-0.15, -0.1) is 6.58 Å². The number of aliphatic hydroxyl groups is 3. The summed E-state index contributed by atoms with van der Waals surface area (Å²) in [6, 6.07) is 12.4. The summed E-state index contributed by atoms with van der Waals surface area (Å²) in [4.78, 5) is 0. The lowest BCUT2D eigenvalue weighted by molar-refractivity contribution is -0.201. The highest BCUT2D eigenvalue weighted by Crippen LogP contribution is 2.44. The van der Waals surface area contributed by atoms with Gasteiger partial charge in [-0.05, 0) is 59.6 Å². The minimum Gasteiger partial charge on any atom is -0.486 e. The van der Waals surface area contributed by atoms with Crippen LogP contribution in [0, 0.1) is 5.92 Å². The molecule has 2 aliphatic heterocycles. The summed E-state index contributed by atoms with van der Waals surface area (Å²) < 4.78 is 17.4. The molecule has 2 fully saturated rings. The van der Waals surface area contributed by atoms with Crippen molar-refractivity contribution in [3.8, 4) is 11.5 Å². The van der Waals surface area contributed by atoms with E-state index < -0.39 is 30.3 Å². The van der Waals surface area contributed by atoms with Gasteiger partial charge in [0.2, 0.25) is 0 Å². The second-order valence-electron chi connectivity index (χ2n) is 8.96. The van der Waals surface area contributed by atoms with Gasteiger partial charge in [-0.3, -0.25) is 0 Å². The van der Waals surface area contributed by atoms with Crippen molar-refractivity contribution in [1.82, 2.24) is 0 Å². The van der Waals surface area contributed by atoms with Crippen molar-refractivity contribution in [1.29, 1.82) is 0 Å². The van der Waals surface area contributed by atoms with Gasteiger partial charge < -0.3 is 29.5 Å². The molecule has 3 aliphatic rings. The lowest BCUT2D eigenvalue weighted by atomic mass is 9.82. The van der Waals surface area contributed by atoms with E-state index in [9.17, 15) is 15.3 Å². The molecule has 2 aromatic rings. The minimum absolute atomic E-state index is 0.358. The fourth-order valence-electron chi connectivity index (χ4n) is 4.87. The Morgan fingerprint density at radius 1 is 0.969 bits per heavy atom. The first-order valence-corrected chi connectivity index (χ1v) is 11.3. The fraction of sp³-hybridized carbons (Fsp3) is 0.462. The van der Waals surface area contributed by atoms with Crippen molar-refractivity contribution in [2.45, 2.75) is 49.6 Å². The molecule has 170 valence electrons. The zero-order valence-electron chi connectivity index (χ0n) is 18.0. The quantitative estimate of drug-likeness (QED) is 0.601. The highest BCUT2D eigenvalue weighted by atomic mass is 16.6. The summed E-state index contributed by atoms with van der Waals surface area (Å²) in [5.41, 5.74) is 4.61. The zero-order valence-corrected chi connectivity index (χ0v) is 18.0. The van der Waals surface area contributed by atoms with Gasteiger partial charge in [-0.2, -0.15) is 0 Å². The second-order valence-corrected chi connectivity index (χ2v) is 8.96. The van der Waals surface area contributed by atoms with Crippen LogP contribution in [0.25, 0.3) is 0 Å². The molecule has 5 unspecified atom stereocenters. The molecule has 1 aliphatic carbocycles. The molecule has 2 aromatic carbocycles. The van der Waals surface area contributed by atoms with Gasteiger partial charge in [0.05, 0.1) is 18.8 Å². The molecule has 5 atom stereocenters. The Balaban J connectivity index is 1.47. The third-order valence-corrected chi connectivity index (χ3v) is 6.76. The summed E-state index contributed by atoms with van der Waals surface area (Å²) in [6.07, 6.45) is 1.24. The highest BCUT2D eigenvalue weighted by molar-refractivity contribution is 5.47. The Hall–Kier alpha value is -2.38. The van der Waals surface area contributed by atoms with Crippen molar-refractivity contribution in [2.75, 3.05) is 19.8 Å². The minimum atomic E-state index is -1.15. The third-order valence-electron chi connectivity index (χ3n) is 6.76. The molecule has 0 radical (unpaired) electrons. The first-order chi connectivity index (χ1) is 15.6. The molecule has 0 spiro atoms. The van der Waals surface area contributed by atoms with Crippen molar-refractivity contribution in [3.63, 3.8) is 0 Å². The molecule has 0 bridgehead atoms. The van der Waals surface area contributed by atoms with Crippen molar-refractivity contribution in [2.24, 2.45) is 5.92 Å². The van der Waals surface area contributed by atoms with E-state index in [4.69, 9.17) is 14.2 Å². The van der Waals surface area contributed by atoms with Crippen LogP contribution in [0.2, 0.25) is 0 Å². The molecule has 6 nitrogen and oxygen atoms in total. The van der Waals surface area contributed by atoms with Crippen molar-refractivity contribution in [3.05, 3.63) is 71.3 Å². The summed E-state index contributed by atoms with van der Waals surface area (Å²) >= 11 is 0. The van der Waals surface area contributed by atoms with Crippen molar-refractivity contribution >= 4 is 0 Å². The average Bonchev–Trinajstić information content (AvgIpc) is 3.66. The van der Waals surface area contributed by atoms with Gasteiger partial charge in [0, 0.05) is 5.92 Å². The topological polar surface area (TPSA) is 88.4 Å². The highest BCUT2D eigenvalue weighted by Gasteiger charge is 2.43. The van der Waals surface area contributed by atoms with Crippen LogP contribution in [0.5, 0.6) is 11.5 Å². The number of rotatable bonds is 6. The predicted molar refractivity (Wildman–Crippen MR) is 119 cm³/mol. The molecule has 1 saturated heterocycles. The Morgan fingerprint density at radius 2 is 1.75 bits per heavy atom. The number of hydrogen-bond donors (Lipinski definition) is 3.